The van der Waals surface area contributed by atoms with Gasteiger partial charge in [-0.15, -0.1) is 0 Å². The molecule has 0 aliphatic heterocycles. The molecule has 1 aromatic carbocycles. The summed E-state index contributed by atoms with van der Waals surface area (Å²) in [5.74, 6) is 0.793. The summed E-state index contributed by atoms with van der Waals surface area (Å²) in [6.07, 6.45) is 7.88. The van der Waals surface area contributed by atoms with E-state index >= 15 is 0 Å². The Morgan fingerprint density at radius 2 is 1.81 bits per heavy atom. The second kappa shape index (κ2) is 8.43. The molecule has 0 spiro atoms. The molecule has 2 heteroatoms. The molecule has 0 aromatic heterocycles. The van der Waals surface area contributed by atoms with Gasteiger partial charge in [-0.2, -0.15) is 0 Å². The summed E-state index contributed by atoms with van der Waals surface area (Å²) in [4.78, 5) is 2.44. The van der Waals surface area contributed by atoms with Gasteiger partial charge in [0.1, 0.15) is 0 Å². The Balaban J connectivity index is 1.93. The average molecular weight is 288 g/mol. The van der Waals surface area contributed by atoms with Crippen LogP contribution in [0.3, 0.4) is 0 Å². The van der Waals surface area contributed by atoms with Crippen LogP contribution in [0.2, 0.25) is 0 Å². The van der Waals surface area contributed by atoms with E-state index in [0.29, 0.717) is 0 Å². The summed E-state index contributed by atoms with van der Waals surface area (Å²) in [7, 11) is 2.24. The first-order chi connectivity index (χ1) is 10.2. The molecule has 1 N–H and O–H groups in total. The highest BCUT2D eigenvalue weighted by Crippen LogP contribution is 2.26. The zero-order valence-corrected chi connectivity index (χ0v) is 14.1. The van der Waals surface area contributed by atoms with E-state index in [1.165, 1.54) is 49.9 Å². The van der Waals surface area contributed by atoms with Gasteiger partial charge in [-0.25, -0.2) is 0 Å². The number of aryl methyl sites for hydroxylation is 1. The minimum absolute atomic E-state index is 0.719. The fourth-order valence-electron chi connectivity index (χ4n) is 3.47. The van der Waals surface area contributed by atoms with Crippen molar-refractivity contribution in [1.82, 2.24) is 5.32 Å². The van der Waals surface area contributed by atoms with Gasteiger partial charge in [0.25, 0.3) is 0 Å². The maximum absolute atomic E-state index is 3.77. The van der Waals surface area contributed by atoms with Crippen molar-refractivity contribution in [2.45, 2.75) is 58.4 Å². The molecule has 1 aliphatic carbocycles. The van der Waals surface area contributed by atoms with E-state index < -0.39 is 0 Å². The number of anilines is 1. The number of nitrogens with zero attached hydrogens (tertiary/aromatic N) is 1. The predicted octanol–water partition coefficient (Wildman–Crippen LogP) is 4.24. The molecule has 118 valence electrons. The molecule has 1 saturated carbocycles. The van der Waals surface area contributed by atoms with E-state index in [2.05, 4.69) is 55.4 Å². The fraction of sp³-hybridized carbons (Fsp3) is 0.684. The molecule has 0 saturated heterocycles. The maximum Gasteiger partial charge on any atom is 0.0363 e. The van der Waals surface area contributed by atoms with E-state index in [0.717, 1.165) is 24.9 Å². The van der Waals surface area contributed by atoms with Gasteiger partial charge in [0.2, 0.25) is 0 Å². The molecule has 2 unspecified atom stereocenters. The third-order valence-electron chi connectivity index (χ3n) is 4.86. The monoisotopic (exact) mass is 288 g/mol. The summed E-state index contributed by atoms with van der Waals surface area (Å²) in [5, 5.41) is 3.77. The summed E-state index contributed by atoms with van der Waals surface area (Å²) >= 11 is 0. The minimum Gasteiger partial charge on any atom is -0.374 e. The van der Waals surface area contributed by atoms with Gasteiger partial charge in [-0.05, 0) is 55.8 Å². The zero-order chi connectivity index (χ0) is 15.1. The SMILES string of the molecule is CCCNC1CCCCC1CN(C)c1ccc(CC)cc1. The van der Waals surface area contributed by atoms with Crippen LogP contribution >= 0.6 is 0 Å². The third-order valence-corrected chi connectivity index (χ3v) is 4.86. The van der Waals surface area contributed by atoms with Crippen LogP contribution in [0.5, 0.6) is 0 Å². The summed E-state index contributed by atoms with van der Waals surface area (Å²) in [6, 6.07) is 9.79. The van der Waals surface area contributed by atoms with E-state index in [1.807, 2.05) is 0 Å². The Morgan fingerprint density at radius 3 is 2.48 bits per heavy atom. The van der Waals surface area contributed by atoms with Gasteiger partial charge in [0.05, 0.1) is 0 Å². The van der Waals surface area contributed by atoms with Gasteiger partial charge in [-0.1, -0.05) is 38.8 Å². The lowest BCUT2D eigenvalue weighted by Gasteiger charge is -2.35. The molecule has 2 atom stereocenters. The first-order valence-corrected chi connectivity index (χ1v) is 8.78. The molecule has 21 heavy (non-hydrogen) atoms. The van der Waals surface area contributed by atoms with E-state index in [9.17, 15) is 0 Å². The van der Waals surface area contributed by atoms with Crippen LogP contribution in [-0.4, -0.2) is 26.2 Å². The van der Waals surface area contributed by atoms with Crippen molar-refractivity contribution >= 4 is 5.69 Å². The van der Waals surface area contributed by atoms with Crippen molar-refractivity contribution in [1.29, 1.82) is 0 Å². The van der Waals surface area contributed by atoms with Gasteiger partial charge >= 0.3 is 0 Å². The Bertz CT molecular complexity index is 399. The molecule has 0 heterocycles. The van der Waals surface area contributed by atoms with Crippen molar-refractivity contribution in [2.75, 3.05) is 25.0 Å². The van der Waals surface area contributed by atoms with Crippen molar-refractivity contribution in [2.24, 2.45) is 5.92 Å². The molecule has 0 bridgehead atoms. The summed E-state index contributed by atoms with van der Waals surface area (Å²) in [5.41, 5.74) is 2.78. The minimum atomic E-state index is 0.719. The lowest BCUT2D eigenvalue weighted by molar-refractivity contribution is 0.266. The maximum atomic E-state index is 3.77. The number of nitrogens with one attached hydrogen (secondary N) is 1. The zero-order valence-electron chi connectivity index (χ0n) is 14.1. The average Bonchev–Trinajstić information content (AvgIpc) is 2.54. The first-order valence-electron chi connectivity index (χ1n) is 8.78. The Labute approximate surface area is 130 Å². The van der Waals surface area contributed by atoms with Crippen molar-refractivity contribution in [3.63, 3.8) is 0 Å². The van der Waals surface area contributed by atoms with E-state index in [4.69, 9.17) is 0 Å². The van der Waals surface area contributed by atoms with Crippen LogP contribution in [0, 0.1) is 5.92 Å². The van der Waals surface area contributed by atoms with Crippen molar-refractivity contribution < 1.29 is 0 Å². The second-order valence-corrected chi connectivity index (χ2v) is 6.51. The molecule has 1 fully saturated rings. The fourth-order valence-corrected chi connectivity index (χ4v) is 3.47. The molecule has 2 rings (SSSR count). The van der Waals surface area contributed by atoms with Crippen LogP contribution in [0.4, 0.5) is 5.69 Å². The molecular formula is C19H32N2. The highest BCUT2D eigenvalue weighted by atomic mass is 15.1. The van der Waals surface area contributed by atoms with Crippen LogP contribution in [0.15, 0.2) is 24.3 Å². The van der Waals surface area contributed by atoms with E-state index in [1.54, 1.807) is 0 Å². The molecule has 1 aliphatic rings. The lowest BCUT2D eigenvalue weighted by Crippen LogP contribution is -2.43. The number of hydrogen-bond donors (Lipinski definition) is 1. The van der Waals surface area contributed by atoms with Crippen LogP contribution in [0.25, 0.3) is 0 Å². The van der Waals surface area contributed by atoms with Gasteiger partial charge in [0, 0.05) is 25.3 Å². The molecule has 0 radical (unpaired) electrons. The first kappa shape index (κ1) is 16.4. The van der Waals surface area contributed by atoms with Crippen LogP contribution < -0.4 is 10.2 Å². The van der Waals surface area contributed by atoms with Crippen LogP contribution in [-0.2, 0) is 6.42 Å². The molecule has 2 nitrogen and oxygen atoms in total. The Kier molecular flexibility index (Phi) is 6.56. The smallest absolute Gasteiger partial charge is 0.0363 e. The summed E-state index contributed by atoms with van der Waals surface area (Å²) in [6.45, 7) is 6.81. The highest BCUT2D eigenvalue weighted by molar-refractivity contribution is 5.47. The predicted molar refractivity (Wildman–Crippen MR) is 93.1 cm³/mol. The van der Waals surface area contributed by atoms with Crippen molar-refractivity contribution in [3.8, 4) is 0 Å². The lowest BCUT2D eigenvalue weighted by atomic mass is 9.84. The number of hydrogen-bond acceptors (Lipinski definition) is 2. The van der Waals surface area contributed by atoms with Gasteiger partial charge in [-0.3, -0.25) is 0 Å². The number of rotatable bonds is 7. The van der Waals surface area contributed by atoms with Gasteiger partial charge < -0.3 is 10.2 Å². The molecule has 1 aromatic rings. The second-order valence-electron chi connectivity index (χ2n) is 6.51. The largest absolute Gasteiger partial charge is 0.374 e. The third kappa shape index (κ3) is 4.74. The Morgan fingerprint density at radius 1 is 1.10 bits per heavy atom. The van der Waals surface area contributed by atoms with Crippen molar-refractivity contribution in [3.05, 3.63) is 29.8 Å². The Hall–Kier alpha value is -1.02. The number of benzene rings is 1. The normalized spacial score (nSPS) is 22.2. The topological polar surface area (TPSA) is 15.3 Å². The quantitative estimate of drug-likeness (QED) is 0.807. The molecule has 0 amide bonds. The molecular weight excluding hydrogens is 256 g/mol. The van der Waals surface area contributed by atoms with Gasteiger partial charge in [0.15, 0.2) is 0 Å². The van der Waals surface area contributed by atoms with E-state index in [-0.39, 0.29) is 0 Å². The van der Waals surface area contributed by atoms with Crippen LogP contribution in [0.1, 0.15) is 51.5 Å². The highest BCUT2D eigenvalue weighted by Gasteiger charge is 2.25. The standard InChI is InChI=1S/C19H32N2/c1-4-14-20-19-9-7-6-8-17(19)15-21(3)18-12-10-16(5-2)11-13-18/h10-13,17,19-20H,4-9,14-15H2,1-3H3. The summed E-state index contributed by atoms with van der Waals surface area (Å²) < 4.78 is 0.